The minimum atomic E-state index is -0.247. The summed E-state index contributed by atoms with van der Waals surface area (Å²) in [4.78, 5) is 4.67. The zero-order chi connectivity index (χ0) is 13.9. The summed E-state index contributed by atoms with van der Waals surface area (Å²) in [5.41, 5.74) is 2.81. The number of fused-ring (bicyclic) bond motifs is 1. The molecule has 1 aromatic carbocycles. The van der Waals surface area contributed by atoms with Gasteiger partial charge in [0.05, 0.1) is 11.2 Å². The van der Waals surface area contributed by atoms with Crippen LogP contribution in [0.5, 0.6) is 0 Å². The van der Waals surface area contributed by atoms with Gasteiger partial charge in [-0.2, -0.15) is 0 Å². The second kappa shape index (κ2) is 5.43. The molecular weight excluding hydrogens is 253 g/mol. The maximum atomic E-state index is 13.4. The first-order chi connectivity index (χ1) is 9.79. The molecule has 0 radical (unpaired) electrons. The Morgan fingerprint density at radius 2 is 2.10 bits per heavy atom. The van der Waals surface area contributed by atoms with Gasteiger partial charge in [-0.25, -0.2) is 9.37 Å². The molecule has 102 valence electrons. The molecule has 3 nitrogen and oxygen atoms in total. The van der Waals surface area contributed by atoms with Crippen LogP contribution in [-0.2, 0) is 6.54 Å². The van der Waals surface area contributed by atoms with Crippen LogP contribution >= 0.6 is 0 Å². The highest BCUT2D eigenvalue weighted by Crippen LogP contribution is 2.23. The minimum Gasteiger partial charge on any atom is -0.311 e. The zero-order valence-electron chi connectivity index (χ0n) is 11.3. The molecule has 2 aromatic heterocycles. The zero-order valence-corrected chi connectivity index (χ0v) is 11.3. The van der Waals surface area contributed by atoms with Gasteiger partial charge in [-0.1, -0.05) is 25.1 Å². The number of aromatic nitrogens is 2. The Kier molecular flexibility index (Phi) is 3.48. The van der Waals surface area contributed by atoms with Crippen molar-refractivity contribution in [2.24, 2.45) is 0 Å². The van der Waals surface area contributed by atoms with Crippen molar-refractivity contribution in [3.63, 3.8) is 0 Å². The van der Waals surface area contributed by atoms with Gasteiger partial charge in [-0.05, 0) is 30.8 Å². The molecule has 0 saturated heterocycles. The standard InChI is InChI=1S/C16H16FN3/c1-2-18-11-14-15-8-3-4-9-20(15)16(19-14)12-6-5-7-13(17)10-12/h3-10,18H,2,11H2,1H3. The van der Waals surface area contributed by atoms with Crippen molar-refractivity contribution in [2.45, 2.75) is 13.5 Å². The molecular formula is C16H16FN3. The molecule has 4 heteroatoms. The van der Waals surface area contributed by atoms with Gasteiger partial charge in [0, 0.05) is 18.3 Å². The molecule has 0 unspecified atom stereocenters. The van der Waals surface area contributed by atoms with Crippen LogP contribution in [0.15, 0.2) is 48.7 Å². The number of pyridine rings is 1. The van der Waals surface area contributed by atoms with Crippen LogP contribution in [0.1, 0.15) is 12.6 Å². The number of hydrogen-bond acceptors (Lipinski definition) is 2. The van der Waals surface area contributed by atoms with E-state index in [0.29, 0.717) is 6.54 Å². The van der Waals surface area contributed by atoms with E-state index in [1.165, 1.54) is 12.1 Å². The molecule has 0 atom stereocenters. The maximum absolute atomic E-state index is 13.4. The van der Waals surface area contributed by atoms with E-state index in [2.05, 4.69) is 17.2 Å². The number of nitrogens with one attached hydrogen (secondary N) is 1. The van der Waals surface area contributed by atoms with Crippen molar-refractivity contribution in [2.75, 3.05) is 6.54 Å². The van der Waals surface area contributed by atoms with E-state index in [9.17, 15) is 4.39 Å². The molecule has 2 heterocycles. The third-order valence-corrected chi connectivity index (χ3v) is 3.25. The van der Waals surface area contributed by atoms with Crippen molar-refractivity contribution in [1.82, 2.24) is 14.7 Å². The third-order valence-electron chi connectivity index (χ3n) is 3.25. The van der Waals surface area contributed by atoms with Crippen molar-refractivity contribution in [1.29, 1.82) is 0 Å². The fourth-order valence-corrected chi connectivity index (χ4v) is 2.31. The van der Waals surface area contributed by atoms with E-state index >= 15 is 0 Å². The second-order valence-electron chi connectivity index (χ2n) is 4.63. The summed E-state index contributed by atoms with van der Waals surface area (Å²) in [6, 6.07) is 12.5. The molecule has 0 aliphatic rings. The maximum Gasteiger partial charge on any atom is 0.144 e. The molecule has 0 spiro atoms. The van der Waals surface area contributed by atoms with Crippen molar-refractivity contribution in [3.8, 4) is 11.4 Å². The first-order valence-electron chi connectivity index (χ1n) is 6.72. The van der Waals surface area contributed by atoms with Gasteiger partial charge in [-0.15, -0.1) is 0 Å². The van der Waals surface area contributed by atoms with E-state index in [4.69, 9.17) is 0 Å². The lowest BCUT2D eigenvalue weighted by Crippen LogP contribution is -2.12. The molecule has 0 saturated carbocycles. The van der Waals surface area contributed by atoms with Crippen LogP contribution in [0.2, 0.25) is 0 Å². The Labute approximate surface area is 117 Å². The molecule has 20 heavy (non-hydrogen) atoms. The predicted octanol–water partition coefficient (Wildman–Crippen LogP) is 3.25. The van der Waals surface area contributed by atoms with E-state index in [-0.39, 0.29) is 5.82 Å². The van der Waals surface area contributed by atoms with Crippen LogP contribution in [0.4, 0.5) is 4.39 Å². The van der Waals surface area contributed by atoms with E-state index in [0.717, 1.165) is 29.1 Å². The summed E-state index contributed by atoms with van der Waals surface area (Å²) in [6.07, 6.45) is 1.96. The van der Waals surface area contributed by atoms with E-state index in [1.54, 1.807) is 6.07 Å². The molecule has 0 amide bonds. The molecule has 3 aromatic rings. The first-order valence-corrected chi connectivity index (χ1v) is 6.72. The quantitative estimate of drug-likeness (QED) is 0.787. The summed E-state index contributed by atoms with van der Waals surface area (Å²) in [5, 5.41) is 3.28. The normalized spacial score (nSPS) is 11.1. The monoisotopic (exact) mass is 269 g/mol. The fraction of sp³-hybridized carbons (Fsp3) is 0.188. The van der Waals surface area contributed by atoms with Crippen molar-refractivity contribution >= 4 is 5.52 Å². The van der Waals surface area contributed by atoms with Gasteiger partial charge in [0.1, 0.15) is 11.6 Å². The van der Waals surface area contributed by atoms with Crippen molar-refractivity contribution in [3.05, 3.63) is 60.2 Å². The highest BCUT2D eigenvalue weighted by Gasteiger charge is 2.12. The van der Waals surface area contributed by atoms with Crippen LogP contribution < -0.4 is 5.32 Å². The average molecular weight is 269 g/mol. The summed E-state index contributed by atoms with van der Waals surface area (Å²) in [5.74, 6) is 0.524. The first kappa shape index (κ1) is 12.8. The Balaban J connectivity index is 2.15. The van der Waals surface area contributed by atoms with E-state index in [1.807, 2.05) is 34.9 Å². The Hall–Kier alpha value is -2.20. The summed E-state index contributed by atoms with van der Waals surface area (Å²) in [7, 11) is 0. The number of imidazole rings is 1. The Morgan fingerprint density at radius 3 is 2.90 bits per heavy atom. The number of benzene rings is 1. The lowest BCUT2D eigenvalue weighted by molar-refractivity contribution is 0.628. The molecule has 0 fully saturated rings. The smallest absolute Gasteiger partial charge is 0.144 e. The highest BCUT2D eigenvalue weighted by atomic mass is 19.1. The van der Waals surface area contributed by atoms with Gasteiger partial charge in [0.2, 0.25) is 0 Å². The van der Waals surface area contributed by atoms with Crippen LogP contribution in [-0.4, -0.2) is 15.9 Å². The lowest BCUT2D eigenvalue weighted by atomic mass is 10.2. The van der Waals surface area contributed by atoms with E-state index < -0.39 is 0 Å². The van der Waals surface area contributed by atoms with Gasteiger partial charge in [0.25, 0.3) is 0 Å². The van der Waals surface area contributed by atoms with Crippen LogP contribution in [0, 0.1) is 5.82 Å². The minimum absolute atomic E-state index is 0.247. The highest BCUT2D eigenvalue weighted by molar-refractivity contribution is 5.65. The average Bonchev–Trinajstić information content (AvgIpc) is 2.84. The van der Waals surface area contributed by atoms with Gasteiger partial charge >= 0.3 is 0 Å². The van der Waals surface area contributed by atoms with Crippen LogP contribution in [0.25, 0.3) is 16.9 Å². The molecule has 0 aliphatic carbocycles. The van der Waals surface area contributed by atoms with Gasteiger partial charge in [0.15, 0.2) is 0 Å². The number of rotatable bonds is 4. The largest absolute Gasteiger partial charge is 0.311 e. The number of hydrogen-bond donors (Lipinski definition) is 1. The Bertz CT molecular complexity index is 733. The topological polar surface area (TPSA) is 29.3 Å². The molecule has 0 bridgehead atoms. The number of nitrogens with zero attached hydrogens (tertiary/aromatic N) is 2. The molecule has 0 aliphatic heterocycles. The SMILES string of the molecule is CCNCc1nc(-c2cccc(F)c2)n2ccccc12. The third kappa shape index (κ3) is 2.30. The molecule has 1 N–H and O–H groups in total. The number of halogens is 1. The summed E-state index contributed by atoms with van der Waals surface area (Å²) < 4.78 is 15.4. The Morgan fingerprint density at radius 1 is 1.20 bits per heavy atom. The summed E-state index contributed by atoms with van der Waals surface area (Å²) in [6.45, 7) is 3.66. The van der Waals surface area contributed by atoms with Crippen molar-refractivity contribution < 1.29 is 4.39 Å². The summed E-state index contributed by atoms with van der Waals surface area (Å²) >= 11 is 0. The second-order valence-corrected chi connectivity index (χ2v) is 4.63. The van der Waals surface area contributed by atoms with Crippen LogP contribution in [0.3, 0.4) is 0 Å². The van der Waals surface area contributed by atoms with Gasteiger partial charge in [-0.3, -0.25) is 4.40 Å². The fourth-order valence-electron chi connectivity index (χ4n) is 2.31. The predicted molar refractivity (Wildman–Crippen MR) is 78.0 cm³/mol. The lowest BCUT2D eigenvalue weighted by Gasteiger charge is -2.01. The van der Waals surface area contributed by atoms with Gasteiger partial charge < -0.3 is 5.32 Å². The molecule has 3 rings (SSSR count).